The highest BCUT2D eigenvalue weighted by molar-refractivity contribution is 5.93. The summed E-state index contributed by atoms with van der Waals surface area (Å²) in [4.78, 5) is 11.5. The lowest BCUT2D eigenvalue weighted by atomic mass is 10.0. The smallest absolute Gasteiger partial charge is 0.338 e. The third-order valence-electron chi connectivity index (χ3n) is 2.10. The van der Waals surface area contributed by atoms with E-state index in [1.807, 2.05) is 0 Å². The van der Waals surface area contributed by atoms with E-state index >= 15 is 0 Å². The Morgan fingerprint density at radius 3 is 2.62 bits per heavy atom. The van der Waals surface area contributed by atoms with Crippen molar-refractivity contribution in [1.82, 2.24) is 0 Å². The summed E-state index contributed by atoms with van der Waals surface area (Å²) < 4.78 is 30.2. The van der Waals surface area contributed by atoms with Crippen LogP contribution in [0, 0.1) is 6.92 Å². The van der Waals surface area contributed by atoms with Crippen molar-refractivity contribution in [3.63, 3.8) is 0 Å². The number of aryl methyl sites for hydroxylation is 1. The predicted octanol–water partition coefficient (Wildman–Crippen LogP) is 2.69. The number of anilines is 1. The van der Waals surface area contributed by atoms with Crippen LogP contribution in [0.3, 0.4) is 0 Å². The predicted molar refractivity (Wildman–Crippen MR) is 56.5 cm³/mol. The van der Waals surface area contributed by atoms with Crippen molar-refractivity contribution >= 4 is 11.7 Å². The van der Waals surface area contributed by atoms with Gasteiger partial charge in [-0.2, -0.15) is 0 Å². The zero-order valence-electron chi connectivity index (χ0n) is 9.09. The topological polar surface area (TPSA) is 52.3 Å². The largest absolute Gasteiger partial charge is 0.462 e. The first-order chi connectivity index (χ1) is 7.47. The van der Waals surface area contributed by atoms with Gasteiger partial charge in [0.25, 0.3) is 6.43 Å². The lowest BCUT2D eigenvalue weighted by molar-refractivity contribution is 0.0514. The number of hydrogen-bond donors (Lipinski definition) is 1. The molecule has 2 N–H and O–H groups in total. The number of carbonyl (C=O) groups excluding carboxylic acids is 1. The van der Waals surface area contributed by atoms with Crippen molar-refractivity contribution in [1.29, 1.82) is 0 Å². The van der Waals surface area contributed by atoms with Gasteiger partial charge in [0.2, 0.25) is 0 Å². The van der Waals surface area contributed by atoms with Crippen molar-refractivity contribution in [3.05, 3.63) is 28.8 Å². The lowest BCUT2D eigenvalue weighted by Gasteiger charge is -2.12. The van der Waals surface area contributed by atoms with Crippen molar-refractivity contribution in [2.24, 2.45) is 0 Å². The summed E-state index contributed by atoms with van der Waals surface area (Å²) in [6, 6.07) is 2.57. The molecule has 0 aromatic heterocycles. The van der Waals surface area contributed by atoms with Gasteiger partial charge in [0, 0.05) is 11.3 Å². The number of nitrogen functional groups attached to an aromatic ring is 1. The van der Waals surface area contributed by atoms with E-state index in [1.54, 1.807) is 13.8 Å². The molecule has 0 aliphatic carbocycles. The summed E-state index contributed by atoms with van der Waals surface area (Å²) in [5.41, 5.74) is 5.59. The molecular weight excluding hydrogens is 216 g/mol. The second kappa shape index (κ2) is 4.92. The van der Waals surface area contributed by atoms with Crippen LogP contribution in [0.1, 0.15) is 34.8 Å². The van der Waals surface area contributed by atoms with Crippen molar-refractivity contribution < 1.29 is 18.3 Å². The van der Waals surface area contributed by atoms with Crippen molar-refractivity contribution in [3.8, 4) is 0 Å². The molecule has 5 heteroatoms. The van der Waals surface area contributed by atoms with E-state index in [0.29, 0.717) is 5.56 Å². The summed E-state index contributed by atoms with van der Waals surface area (Å²) >= 11 is 0. The van der Waals surface area contributed by atoms with Crippen LogP contribution in [-0.2, 0) is 4.74 Å². The molecule has 0 saturated carbocycles. The normalized spacial score (nSPS) is 10.6. The Morgan fingerprint density at radius 2 is 2.12 bits per heavy atom. The summed E-state index contributed by atoms with van der Waals surface area (Å²) in [6.45, 7) is 3.31. The number of benzene rings is 1. The number of carbonyl (C=O) groups is 1. The Morgan fingerprint density at radius 1 is 1.50 bits per heavy atom. The number of alkyl halides is 2. The van der Waals surface area contributed by atoms with E-state index in [2.05, 4.69) is 0 Å². The first-order valence-corrected chi connectivity index (χ1v) is 4.82. The molecule has 0 unspecified atom stereocenters. The molecule has 0 heterocycles. The highest BCUT2D eigenvalue weighted by Gasteiger charge is 2.22. The summed E-state index contributed by atoms with van der Waals surface area (Å²) in [5, 5.41) is 0. The van der Waals surface area contributed by atoms with Gasteiger partial charge < -0.3 is 10.5 Å². The van der Waals surface area contributed by atoms with Crippen LogP contribution in [0.2, 0.25) is 0 Å². The molecular formula is C11H13F2NO2. The molecule has 0 saturated heterocycles. The van der Waals surface area contributed by atoms with Crippen LogP contribution in [-0.4, -0.2) is 12.6 Å². The number of rotatable bonds is 3. The molecule has 0 amide bonds. The maximum absolute atomic E-state index is 12.7. The monoisotopic (exact) mass is 229 g/mol. The highest BCUT2D eigenvalue weighted by atomic mass is 19.3. The molecule has 1 aromatic carbocycles. The molecule has 0 bridgehead atoms. The number of halogens is 2. The van der Waals surface area contributed by atoms with Crippen molar-refractivity contribution in [2.45, 2.75) is 20.3 Å². The first-order valence-electron chi connectivity index (χ1n) is 4.82. The lowest BCUT2D eigenvalue weighted by Crippen LogP contribution is -2.11. The summed E-state index contributed by atoms with van der Waals surface area (Å²) in [7, 11) is 0. The Bertz CT molecular complexity index is 405. The molecule has 3 nitrogen and oxygen atoms in total. The summed E-state index contributed by atoms with van der Waals surface area (Å²) in [6.07, 6.45) is -2.75. The molecule has 0 aliphatic heterocycles. The van der Waals surface area contributed by atoms with Crippen LogP contribution in [0.4, 0.5) is 14.5 Å². The molecule has 0 radical (unpaired) electrons. The Kier molecular flexibility index (Phi) is 3.82. The van der Waals surface area contributed by atoms with Gasteiger partial charge in [-0.1, -0.05) is 0 Å². The highest BCUT2D eigenvalue weighted by Crippen LogP contribution is 2.28. The molecule has 0 atom stereocenters. The molecule has 88 valence electrons. The van der Waals surface area contributed by atoms with Crippen LogP contribution in [0.5, 0.6) is 0 Å². The quantitative estimate of drug-likeness (QED) is 0.640. The zero-order chi connectivity index (χ0) is 12.3. The van der Waals surface area contributed by atoms with Gasteiger partial charge in [0.05, 0.1) is 12.2 Å². The third-order valence-corrected chi connectivity index (χ3v) is 2.10. The van der Waals surface area contributed by atoms with Gasteiger partial charge in [0.1, 0.15) is 0 Å². The van der Waals surface area contributed by atoms with Crippen LogP contribution in [0.25, 0.3) is 0 Å². The zero-order valence-corrected chi connectivity index (χ0v) is 9.09. The average Bonchev–Trinajstić information content (AvgIpc) is 2.16. The van der Waals surface area contributed by atoms with E-state index in [0.717, 1.165) is 6.07 Å². The molecule has 16 heavy (non-hydrogen) atoms. The van der Waals surface area contributed by atoms with Crippen LogP contribution < -0.4 is 5.73 Å². The Balaban J connectivity index is 3.29. The maximum atomic E-state index is 12.7. The second-order valence-electron chi connectivity index (χ2n) is 3.32. The first kappa shape index (κ1) is 12.4. The number of esters is 1. The van der Waals surface area contributed by atoms with Gasteiger partial charge in [-0.25, -0.2) is 13.6 Å². The number of nitrogens with two attached hydrogens (primary N) is 1. The van der Waals surface area contributed by atoms with E-state index in [-0.39, 0.29) is 23.4 Å². The van der Waals surface area contributed by atoms with E-state index in [4.69, 9.17) is 10.5 Å². The number of ether oxygens (including phenoxy) is 1. The molecule has 0 aliphatic rings. The van der Waals surface area contributed by atoms with Gasteiger partial charge in [-0.3, -0.25) is 0 Å². The van der Waals surface area contributed by atoms with E-state index in [1.165, 1.54) is 6.07 Å². The van der Waals surface area contributed by atoms with Gasteiger partial charge >= 0.3 is 5.97 Å². The SMILES string of the molecule is CCOC(=O)c1c(C)cc(N)cc1C(F)F. The molecule has 1 aromatic rings. The average molecular weight is 229 g/mol. The fourth-order valence-corrected chi connectivity index (χ4v) is 1.50. The molecule has 0 fully saturated rings. The minimum Gasteiger partial charge on any atom is -0.462 e. The standard InChI is InChI=1S/C11H13F2NO2/c1-3-16-11(15)9-6(2)4-7(14)5-8(9)10(12)13/h4-5,10H,3,14H2,1-2H3. The third kappa shape index (κ3) is 2.48. The van der Waals surface area contributed by atoms with E-state index < -0.39 is 12.4 Å². The Hall–Kier alpha value is -1.65. The minimum atomic E-state index is -2.75. The molecule has 0 spiro atoms. The van der Waals surface area contributed by atoms with Gasteiger partial charge in [0.15, 0.2) is 0 Å². The minimum absolute atomic E-state index is 0.0916. The fraction of sp³-hybridized carbons (Fsp3) is 0.364. The Labute approximate surface area is 92.2 Å². The second-order valence-corrected chi connectivity index (χ2v) is 3.32. The summed E-state index contributed by atoms with van der Waals surface area (Å²) in [5.74, 6) is -0.740. The number of hydrogen-bond acceptors (Lipinski definition) is 3. The molecule has 1 rings (SSSR count). The van der Waals surface area contributed by atoms with Gasteiger partial charge in [-0.15, -0.1) is 0 Å². The maximum Gasteiger partial charge on any atom is 0.338 e. The van der Waals surface area contributed by atoms with E-state index in [9.17, 15) is 13.6 Å². The van der Waals surface area contributed by atoms with Crippen molar-refractivity contribution in [2.75, 3.05) is 12.3 Å². The van der Waals surface area contributed by atoms with Crippen LogP contribution in [0.15, 0.2) is 12.1 Å². The van der Waals surface area contributed by atoms with Crippen LogP contribution >= 0.6 is 0 Å². The fourth-order valence-electron chi connectivity index (χ4n) is 1.50. The van der Waals surface area contributed by atoms with Gasteiger partial charge in [-0.05, 0) is 31.5 Å².